The molecule has 0 aliphatic heterocycles. The van der Waals surface area contributed by atoms with E-state index in [2.05, 4.69) is 16.0 Å². The van der Waals surface area contributed by atoms with Gasteiger partial charge >= 0.3 is 6.09 Å². The van der Waals surface area contributed by atoms with Gasteiger partial charge in [-0.3, -0.25) is 9.59 Å². The number of para-hydroxylation sites is 1. The van der Waals surface area contributed by atoms with E-state index in [0.29, 0.717) is 6.42 Å². The molecule has 7 heteroatoms. The van der Waals surface area contributed by atoms with Crippen molar-refractivity contribution in [1.82, 2.24) is 10.6 Å². The Balaban J connectivity index is 1.27. The lowest BCUT2D eigenvalue weighted by atomic mass is 9.49. The molecule has 5 rings (SSSR count). The van der Waals surface area contributed by atoms with Gasteiger partial charge in [0.15, 0.2) is 0 Å². The third kappa shape index (κ3) is 6.27. The predicted octanol–water partition coefficient (Wildman–Crippen LogP) is 4.37. The number of carbonyl (C=O) groups is 3. The Hall–Kier alpha value is -2.57. The van der Waals surface area contributed by atoms with Crippen LogP contribution in [-0.2, 0) is 20.9 Å². The third-order valence-corrected chi connectivity index (χ3v) is 7.26. The molecule has 180 valence electrons. The van der Waals surface area contributed by atoms with Crippen molar-refractivity contribution in [3.05, 3.63) is 29.8 Å². The molecule has 4 fully saturated rings. The van der Waals surface area contributed by atoms with Crippen LogP contribution in [-0.4, -0.2) is 30.1 Å². The summed E-state index contributed by atoms with van der Waals surface area (Å²) in [4.78, 5) is 36.9. The number of amides is 3. The number of carbonyl (C=O) groups excluding carboxylic acids is 3. The smallest absolute Gasteiger partial charge is 0.408 e. The number of hydrogen-bond donors (Lipinski definition) is 3. The molecule has 4 bridgehead atoms. The van der Waals surface area contributed by atoms with Crippen molar-refractivity contribution in [3.8, 4) is 0 Å². The van der Waals surface area contributed by atoms with Crippen LogP contribution in [0.15, 0.2) is 24.3 Å². The lowest BCUT2D eigenvalue weighted by Gasteiger charge is -2.56. The molecule has 0 radical (unpaired) electrons. The van der Waals surface area contributed by atoms with Crippen molar-refractivity contribution < 1.29 is 19.1 Å². The topological polar surface area (TPSA) is 96.5 Å². The highest BCUT2D eigenvalue weighted by Gasteiger charge is 2.51. The maximum atomic E-state index is 13.0. The van der Waals surface area contributed by atoms with E-state index in [9.17, 15) is 14.4 Å². The molecule has 0 heterocycles. The van der Waals surface area contributed by atoms with Gasteiger partial charge in [-0.15, -0.1) is 0 Å². The molecule has 1 aromatic rings. The molecule has 7 nitrogen and oxygen atoms in total. The quantitative estimate of drug-likeness (QED) is 0.569. The molecule has 4 saturated carbocycles. The molecule has 0 unspecified atom stereocenters. The van der Waals surface area contributed by atoms with Crippen LogP contribution < -0.4 is 16.0 Å². The van der Waals surface area contributed by atoms with E-state index >= 15 is 0 Å². The first-order chi connectivity index (χ1) is 15.6. The van der Waals surface area contributed by atoms with Gasteiger partial charge < -0.3 is 20.7 Å². The van der Waals surface area contributed by atoms with Crippen LogP contribution in [0.3, 0.4) is 0 Å². The van der Waals surface area contributed by atoms with E-state index in [-0.39, 0.29) is 30.3 Å². The Morgan fingerprint density at radius 2 is 1.55 bits per heavy atom. The Labute approximate surface area is 196 Å². The Kier molecular flexibility index (Phi) is 6.68. The molecule has 3 amide bonds. The van der Waals surface area contributed by atoms with Gasteiger partial charge in [0.1, 0.15) is 12.1 Å². The van der Waals surface area contributed by atoms with Gasteiger partial charge in [-0.2, -0.15) is 0 Å². The minimum Gasteiger partial charge on any atom is -0.444 e. The molecule has 33 heavy (non-hydrogen) atoms. The van der Waals surface area contributed by atoms with E-state index < -0.39 is 11.7 Å². The lowest BCUT2D eigenvalue weighted by molar-refractivity contribution is -0.124. The first-order valence-corrected chi connectivity index (χ1v) is 12.2. The molecule has 3 N–H and O–H groups in total. The molecule has 0 saturated heterocycles. The second kappa shape index (κ2) is 9.35. The van der Waals surface area contributed by atoms with Crippen LogP contribution in [0.4, 0.5) is 10.5 Å². The largest absolute Gasteiger partial charge is 0.444 e. The predicted molar refractivity (Wildman–Crippen MR) is 126 cm³/mol. The zero-order valence-corrected chi connectivity index (χ0v) is 20.0. The minimum absolute atomic E-state index is 0.0716. The summed E-state index contributed by atoms with van der Waals surface area (Å²) < 4.78 is 5.14. The first kappa shape index (κ1) is 23.6. The maximum Gasteiger partial charge on any atom is 0.408 e. The van der Waals surface area contributed by atoms with Gasteiger partial charge in [-0.1, -0.05) is 18.2 Å². The molecule has 0 atom stereocenters. The molecule has 1 aromatic carbocycles. The number of nitrogens with one attached hydrogen (secondary N) is 3. The first-order valence-electron chi connectivity index (χ1n) is 12.2. The molecular weight excluding hydrogens is 418 g/mol. The zero-order valence-electron chi connectivity index (χ0n) is 20.0. The summed E-state index contributed by atoms with van der Waals surface area (Å²) in [5.41, 5.74) is 1.14. The Morgan fingerprint density at radius 3 is 2.15 bits per heavy atom. The van der Waals surface area contributed by atoms with E-state index in [1.54, 1.807) is 20.8 Å². The van der Waals surface area contributed by atoms with Gasteiger partial charge in [0.2, 0.25) is 11.8 Å². The summed E-state index contributed by atoms with van der Waals surface area (Å²) in [5, 5.41) is 8.35. The van der Waals surface area contributed by atoms with Crippen LogP contribution in [0.2, 0.25) is 0 Å². The highest BCUT2D eigenvalue weighted by Crippen LogP contribution is 2.61. The van der Waals surface area contributed by atoms with Crippen molar-refractivity contribution in [2.75, 3.05) is 11.9 Å². The van der Waals surface area contributed by atoms with Gasteiger partial charge in [-0.05, 0) is 94.1 Å². The van der Waals surface area contributed by atoms with E-state index in [4.69, 9.17) is 4.74 Å². The highest BCUT2D eigenvalue weighted by molar-refractivity contribution is 5.92. The Bertz CT molecular complexity index is 870. The van der Waals surface area contributed by atoms with Crippen molar-refractivity contribution >= 4 is 23.6 Å². The fourth-order valence-corrected chi connectivity index (χ4v) is 6.56. The lowest BCUT2D eigenvalue weighted by Crippen LogP contribution is -2.47. The molecule has 0 aromatic heterocycles. The standard InChI is InChI=1S/C26H37N3O4/c1-25(2,3)33-24(32)28-16-23(31)27-15-20-6-4-5-7-21(20)29-22(30)14-26-11-17-8-18(12-26)10-19(9-17)13-26/h4-7,17-19H,8-16H2,1-3H3,(H,27,31)(H,28,32)(H,29,30). The number of anilines is 1. The molecule has 4 aliphatic carbocycles. The number of benzene rings is 1. The average molecular weight is 456 g/mol. The summed E-state index contributed by atoms with van der Waals surface area (Å²) >= 11 is 0. The fraction of sp³-hybridized carbons (Fsp3) is 0.654. The van der Waals surface area contributed by atoms with Crippen LogP contribution in [0.25, 0.3) is 0 Å². The molecular formula is C26H37N3O4. The summed E-state index contributed by atoms with van der Waals surface area (Å²) in [6.07, 6.45) is 7.68. The summed E-state index contributed by atoms with van der Waals surface area (Å²) in [7, 11) is 0. The molecule has 4 aliphatic rings. The number of rotatable bonds is 7. The van der Waals surface area contributed by atoms with Crippen LogP contribution in [0.5, 0.6) is 0 Å². The second-order valence-corrected chi connectivity index (χ2v) is 11.4. The fourth-order valence-electron chi connectivity index (χ4n) is 6.56. The van der Waals surface area contributed by atoms with Crippen molar-refractivity contribution in [1.29, 1.82) is 0 Å². The van der Waals surface area contributed by atoms with E-state index in [1.165, 1.54) is 38.5 Å². The maximum absolute atomic E-state index is 13.0. The van der Waals surface area contributed by atoms with Gasteiger partial charge in [0.05, 0.1) is 0 Å². The van der Waals surface area contributed by atoms with E-state index in [1.807, 2.05) is 24.3 Å². The average Bonchev–Trinajstić information content (AvgIpc) is 2.69. The van der Waals surface area contributed by atoms with Crippen molar-refractivity contribution in [3.63, 3.8) is 0 Å². The SMILES string of the molecule is CC(C)(C)OC(=O)NCC(=O)NCc1ccccc1NC(=O)CC12CC3CC(CC(C3)C1)C2. The third-order valence-electron chi connectivity index (χ3n) is 7.26. The Morgan fingerprint density at radius 1 is 0.939 bits per heavy atom. The number of hydrogen-bond acceptors (Lipinski definition) is 4. The monoisotopic (exact) mass is 455 g/mol. The highest BCUT2D eigenvalue weighted by atomic mass is 16.6. The summed E-state index contributed by atoms with van der Waals surface area (Å²) in [6, 6.07) is 7.53. The van der Waals surface area contributed by atoms with Gasteiger partial charge in [-0.25, -0.2) is 4.79 Å². The van der Waals surface area contributed by atoms with Gasteiger partial charge in [0, 0.05) is 18.7 Å². The number of ether oxygens (including phenoxy) is 1. The minimum atomic E-state index is -0.630. The van der Waals surface area contributed by atoms with Crippen molar-refractivity contribution in [2.45, 2.75) is 77.9 Å². The summed E-state index contributed by atoms with van der Waals surface area (Å²) in [6.45, 7) is 5.39. The van der Waals surface area contributed by atoms with Gasteiger partial charge in [0.25, 0.3) is 0 Å². The van der Waals surface area contributed by atoms with Crippen LogP contribution in [0, 0.1) is 23.2 Å². The summed E-state index contributed by atoms with van der Waals surface area (Å²) in [5.74, 6) is 2.21. The van der Waals surface area contributed by atoms with E-state index in [0.717, 1.165) is 29.0 Å². The normalized spacial score (nSPS) is 27.7. The van der Waals surface area contributed by atoms with Crippen molar-refractivity contribution in [2.24, 2.45) is 23.2 Å². The van der Waals surface area contributed by atoms with Crippen LogP contribution >= 0.6 is 0 Å². The number of alkyl carbamates (subject to hydrolysis) is 1. The molecule has 0 spiro atoms. The zero-order chi connectivity index (χ0) is 23.6. The second-order valence-electron chi connectivity index (χ2n) is 11.4. The van der Waals surface area contributed by atoms with Crippen LogP contribution in [0.1, 0.15) is 71.3 Å².